The van der Waals surface area contributed by atoms with Gasteiger partial charge in [0.25, 0.3) is 5.91 Å². The van der Waals surface area contributed by atoms with Crippen LogP contribution in [0.1, 0.15) is 24.2 Å². The number of ether oxygens (including phenoxy) is 1. The SMILES string of the molecule is CC1CN(C(=O)c2cccc(S)c2)CC(C)O1. The maximum Gasteiger partial charge on any atom is 0.254 e. The van der Waals surface area contributed by atoms with Gasteiger partial charge < -0.3 is 9.64 Å². The van der Waals surface area contributed by atoms with Gasteiger partial charge in [-0.3, -0.25) is 4.79 Å². The minimum atomic E-state index is 0.0582. The summed E-state index contributed by atoms with van der Waals surface area (Å²) in [5, 5.41) is 0. The molecule has 1 saturated heterocycles. The van der Waals surface area contributed by atoms with E-state index >= 15 is 0 Å². The van der Waals surface area contributed by atoms with Gasteiger partial charge in [0.05, 0.1) is 12.2 Å². The first-order valence-electron chi connectivity index (χ1n) is 5.80. The molecule has 0 bridgehead atoms. The highest BCUT2D eigenvalue weighted by Crippen LogP contribution is 2.16. The number of hydrogen-bond acceptors (Lipinski definition) is 3. The summed E-state index contributed by atoms with van der Waals surface area (Å²) in [6.07, 6.45) is 0.198. The van der Waals surface area contributed by atoms with Gasteiger partial charge >= 0.3 is 0 Å². The third-order valence-electron chi connectivity index (χ3n) is 2.80. The topological polar surface area (TPSA) is 29.5 Å². The molecule has 0 aromatic heterocycles. The highest BCUT2D eigenvalue weighted by Gasteiger charge is 2.26. The number of benzene rings is 1. The minimum Gasteiger partial charge on any atom is -0.372 e. The molecule has 3 nitrogen and oxygen atoms in total. The molecular weight excluding hydrogens is 234 g/mol. The van der Waals surface area contributed by atoms with Gasteiger partial charge in [0.1, 0.15) is 0 Å². The van der Waals surface area contributed by atoms with Gasteiger partial charge in [-0.15, -0.1) is 12.6 Å². The molecule has 1 aromatic rings. The number of thiol groups is 1. The molecule has 1 fully saturated rings. The zero-order valence-electron chi connectivity index (χ0n) is 10.1. The molecule has 0 saturated carbocycles. The summed E-state index contributed by atoms with van der Waals surface area (Å²) in [6, 6.07) is 7.34. The molecule has 1 aliphatic heterocycles. The Morgan fingerprint density at radius 1 is 1.35 bits per heavy atom. The second-order valence-electron chi connectivity index (χ2n) is 4.52. The number of hydrogen-bond donors (Lipinski definition) is 1. The predicted octanol–water partition coefficient (Wildman–Crippen LogP) is 2.22. The van der Waals surface area contributed by atoms with Crippen LogP contribution in [-0.4, -0.2) is 36.1 Å². The lowest BCUT2D eigenvalue weighted by Gasteiger charge is -2.35. The summed E-state index contributed by atoms with van der Waals surface area (Å²) in [5.74, 6) is 0.0582. The van der Waals surface area contributed by atoms with Crippen LogP contribution in [-0.2, 0) is 4.74 Å². The molecule has 1 aromatic carbocycles. The second-order valence-corrected chi connectivity index (χ2v) is 5.03. The third kappa shape index (κ3) is 3.01. The molecule has 2 atom stereocenters. The number of carbonyl (C=O) groups is 1. The van der Waals surface area contributed by atoms with Crippen molar-refractivity contribution in [3.8, 4) is 0 Å². The van der Waals surface area contributed by atoms with Crippen molar-refractivity contribution in [1.29, 1.82) is 0 Å². The normalized spacial score (nSPS) is 24.8. The fraction of sp³-hybridized carbons (Fsp3) is 0.462. The Morgan fingerprint density at radius 3 is 2.59 bits per heavy atom. The zero-order chi connectivity index (χ0) is 12.4. The van der Waals surface area contributed by atoms with Crippen LogP contribution >= 0.6 is 12.6 Å². The lowest BCUT2D eigenvalue weighted by Crippen LogP contribution is -2.48. The summed E-state index contributed by atoms with van der Waals surface area (Å²) in [7, 11) is 0. The van der Waals surface area contributed by atoms with Gasteiger partial charge in [0.15, 0.2) is 0 Å². The van der Waals surface area contributed by atoms with Crippen LogP contribution < -0.4 is 0 Å². The second kappa shape index (κ2) is 5.10. The Labute approximate surface area is 107 Å². The van der Waals surface area contributed by atoms with E-state index in [-0.39, 0.29) is 18.1 Å². The van der Waals surface area contributed by atoms with E-state index in [1.165, 1.54) is 0 Å². The minimum absolute atomic E-state index is 0.0582. The highest BCUT2D eigenvalue weighted by molar-refractivity contribution is 7.80. The standard InChI is InChI=1S/C13H17NO2S/c1-9-7-14(8-10(2)16-9)13(15)11-4-3-5-12(17)6-11/h3-6,9-10,17H,7-8H2,1-2H3. The van der Waals surface area contributed by atoms with Crippen LogP contribution in [0.25, 0.3) is 0 Å². The molecule has 17 heavy (non-hydrogen) atoms. The van der Waals surface area contributed by atoms with Crippen molar-refractivity contribution in [1.82, 2.24) is 4.90 Å². The molecule has 92 valence electrons. The molecule has 4 heteroatoms. The first kappa shape index (κ1) is 12.5. The molecule has 0 spiro atoms. The van der Waals surface area contributed by atoms with E-state index in [1.807, 2.05) is 36.9 Å². The van der Waals surface area contributed by atoms with Crippen molar-refractivity contribution in [2.45, 2.75) is 31.0 Å². The Bertz CT molecular complexity index is 412. The Hall–Kier alpha value is -1.00. The lowest BCUT2D eigenvalue weighted by atomic mass is 10.1. The number of carbonyl (C=O) groups excluding carboxylic acids is 1. The van der Waals surface area contributed by atoms with Crippen LogP contribution in [0.2, 0.25) is 0 Å². The molecule has 1 aliphatic rings. The summed E-state index contributed by atoms with van der Waals surface area (Å²) in [6.45, 7) is 5.29. The molecule has 1 heterocycles. The van der Waals surface area contributed by atoms with Crippen molar-refractivity contribution in [3.63, 3.8) is 0 Å². The molecule has 2 unspecified atom stereocenters. The Balaban J connectivity index is 2.14. The van der Waals surface area contributed by atoms with Gasteiger partial charge in [0, 0.05) is 23.5 Å². The van der Waals surface area contributed by atoms with E-state index in [0.29, 0.717) is 18.7 Å². The molecule has 0 aliphatic carbocycles. The van der Waals surface area contributed by atoms with E-state index in [0.717, 1.165) is 4.90 Å². The molecule has 1 amide bonds. The number of amides is 1. The summed E-state index contributed by atoms with van der Waals surface area (Å²) >= 11 is 4.25. The van der Waals surface area contributed by atoms with E-state index in [1.54, 1.807) is 6.07 Å². The van der Waals surface area contributed by atoms with Gasteiger partial charge in [-0.25, -0.2) is 0 Å². The number of morpholine rings is 1. The van der Waals surface area contributed by atoms with Gasteiger partial charge in [-0.2, -0.15) is 0 Å². The molecule has 0 N–H and O–H groups in total. The first-order valence-corrected chi connectivity index (χ1v) is 6.24. The van der Waals surface area contributed by atoms with Gasteiger partial charge in [-0.1, -0.05) is 6.07 Å². The summed E-state index contributed by atoms with van der Waals surface area (Å²) in [5.41, 5.74) is 0.693. The molecule has 2 rings (SSSR count). The van der Waals surface area contributed by atoms with Gasteiger partial charge in [-0.05, 0) is 32.0 Å². The monoisotopic (exact) mass is 251 g/mol. The zero-order valence-corrected chi connectivity index (χ0v) is 11.0. The predicted molar refractivity (Wildman–Crippen MR) is 69.6 cm³/mol. The fourth-order valence-electron chi connectivity index (χ4n) is 2.17. The van der Waals surface area contributed by atoms with Crippen molar-refractivity contribution >= 4 is 18.5 Å². The van der Waals surface area contributed by atoms with Crippen LogP contribution in [0.3, 0.4) is 0 Å². The highest BCUT2D eigenvalue weighted by atomic mass is 32.1. The van der Waals surface area contributed by atoms with Gasteiger partial charge in [0.2, 0.25) is 0 Å². The van der Waals surface area contributed by atoms with Crippen molar-refractivity contribution in [2.24, 2.45) is 0 Å². The average molecular weight is 251 g/mol. The largest absolute Gasteiger partial charge is 0.372 e. The van der Waals surface area contributed by atoms with E-state index in [4.69, 9.17) is 4.74 Å². The van der Waals surface area contributed by atoms with Crippen molar-refractivity contribution < 1.29 is 9.53 Å². The summed E-state index contributed by atoms with van der Waals surface area (Å²) < 4.78 is 5.62. The van der Waals surface area contributed by atoms with E-state index in [9.17, 15) is 4.79 Å². The average Bonchev–Trinajstić information content (AvgIpc) is 2.26. The third-order valence-corrected chi connectivity index (χ3v) is 3.08. The summed E-state index contributed by atoms with van der Waals surface area (Å²) in [4.78, 5) is 14.9. The van der Waals surface area contributed by atoms with E-state index < -0.39 is 0 Å². The van der Waals surface area contributed by atoms with Crippen LogP contribution in [0.4, 0.5) is 0 Å². The smallest absolute Gasteiger partial charge is 0.254 e. The quantitative estimate of drug-likeness (QED) is 0.776. The van der Waals surface area contributed by atoms with Crippen LogP contribution in [0.5, 0.6) is 0 Å². The van der Waals surface area contributed by atoms with Crippen molar-refractivity contribution in [3.05, 3.63) is 29.8 Å². The molecular formula is C13H17NO2S. The fourth-order valence-corrected chi connectivity index (χ4v) is 2.39. The van der Waals surface area contributed by atoms with Crippen molar-refractivity contribution in [2.75, 3.05) is 13.1 Å². The maximum absolute atomic E-state index is 12.3. The number of rotatable bonds is 1. The Kier molecular flexibility index (Phi) is 3.74. The lowest BCUT2D eigenvalue weighted by molar-refractivity contribution is -0.0586. The number of nitrogens with zero attached hydrogens (tertiary/aromatic N) is 1. The Morgan fingerprint density at radius 2 is 2.00 bits per heavy atom. The van der Waals surface area contributed by atoms with E-state index in [2.05, 4.69) is 12.6 Å². The van der Waals surface area contributed by atoms with Crippen LogP contribution in [0, 0.1) is 0 Å². The van der Waals surface area contributed by atoms with Crippen LogP contribution in [0.15, 0.2) is 29.2 Å². The first-order chi connectivity index (χ1) is 8.06. The molecule has 0 radical (unpaired) electrons. The maximum atomic E-state index is 12.3.